The standard InChI is InChI=1S/C15H22N2O/c1-11(2)9-17-10-14(16-15(17)18)12(3)13-7-5-4-6-8-13/h4-8,11-12,14H,9-10H2,1-3H3,(H,16,18)/t12-,14?/m0/s1. The van der Waals surface area contributed by atoms with Gasteiger partial charge in [-0.05, 0) is 11.5 Å². The fraction of sp³-hybridized carbons (Fsp3) is 0.533. The van der Waals surface area contributed by atoms with E-state index in [1.165, 1.54) is 5.56 Å². The first-order valence-corrected chi connectivity index (χ1v) is 6.68. The van der Waals surface area contributed by atoms with E-state index >= 15 is 0 Å². The van der Waals surface area contributed by atoms with Gasteiger partial charge in [0.05, 0.1) is 6.04 Å². The summed E-state index contributed by atoms with van der Waals surface area (Å²) in [6, 6.07) is 10.7. The van der Waals surface area contributed by atoms with Crippen molar-refractivity contribution in [2.75, 3.05) is 13.1 Å². The van der Waals surface area contributed by atoms with Gasteiger partial charge in [-0.2, -0.15) is 0 Å². The van der Waals surface area contributed by atoms with Crippen molar-refractivity contribution in [3.05, 3.63) is 35.9 Å². The average molecular weight is 246 g/mol. The summed E-state index contributed by atoms with van der Waals surface area (Å²) in [7, 11) is 0. The van der Waals surface area contributed by atoms with Gasteiger partial charge in [0.25, 0.3) is 0 Å². The Balaban J connectivity index is 2.02. The van der Waals surface area contributed by atoms with Crippen molar-refractivity contribution in [2.45, 2.75) is 32.7 Å². The van der Waals surface area contributed by atoms with E-state index in [0.29, 0.717) is 11.8 Å². The van der Waals surface area contributed by atoms with E-state index in [2.05, 4.69) is 50.4 Å². The number of amides is 2. The average Bonchev–Trinajstić information content (AvgIpc) is 2.70. The van der Waals surface area contributed by atoms with Gasteiger partial charge in [-0.25, -0.2) is 4.79 Å². The summed E-state index contributed by atoms with van der Waals surface area (Å²) in [5.74, 6) is 0.869. The van der Waals surface area contributed by atoms with Crippen molar-refractivity contribution >= 4 is 6.03 Å². The molecule has 1 unspecified atom stereocenters. The van der Waals surface area contributed by atoms with Crippen molar-refractivity contribution in [3.8, 4) is 0 Å². The zero-order chi connectivity index (χ0) is 13.1. The van der Waals surface area contributed by atoms with Gasteiger partial charge in [-0.3, -0.25) is 0 Å². The Hall–Kier alpha value is -1.51. The molecule has 1 aliphatic heterocycles. The molecular weight excluding hydrogens is 224 g/mol. The summed E-state index contributed by atoms with van der Waals surface area (Å²) in [5, 5.41) is 3.09. The first-order valence-electron chi connectivity index (χ1n) is 6.68. The highest BCUT2D eigenvalue weighted by Gasteiger charge is 2.32. The third-order valence-electron chi connectivity index (χ3n) is 3.53. The van der Waals surface area contributed by atoms with E-state index in [9.17, 15) is 4.79 Å². The summed E-state index contributed by atoms with van der Waals surface area (Å²) in [6.45, 7) is 8.11. The maximum absolute atomic E-state index is 11.9. The summed E-state index contributed by atoms with van der Waals surface area (Å²) >= 11 is 0. The van der Waals surface area contributed by atoms with Crippen LogP contribution in [0.2, 0.25) is 0 Å². The molecule has 18 heavy (non-hydrogen) atoms. The summed E-state index contributed by atoms with van der Waals surface area (Å²) in [4.78, 5) is 13.8. The van der Waals surface area contributed by atoms with Crippen molar-refractivity contribution in [1.82, 2.24) is 10.2 Å². The van der Waals surface area contributed by atoms with Crippen molar-refractivity contribution in [3.63, 3.8) is 0 Å². The number of rotatable bonds is 4. The summed E-state index contributed by atoms with van der Waals surface area (Å²) < 4.78 is 0. The van der Waals surface area contributed by atoms with Gasteiger partial charge >= 0.3 is 6.03 Å². The number of nitrogens with zero attached hydrogens (tertiary/aromatic N) is 1. The molecule has 2 rings (SSSR count). The van der Waals surface area contributed by atoms with Crippen LogP contribution in [0.15, 0.2) is 30.3 Å². The SMILES string of the molecule is CC(C)CN1CC([C@@H](C)c2ccccc2)NC1=O. The Morgan fingerprint density at radius 1 is 1.28 bits per heavy atom. The Morgan fingerprint density at radius 3 is 2.56 bits per heavy atom. The van der Waals surface area contributed by atoms with Crippen LogP contribution in [0, 0.1) is 5.92 Å². The minimum Gasteiger partial charge on any atom is -0.333 e. The van der Waals surface area contributed by atoms with E-state index in [4.69, 9.17) is 0 Å². The van der Waals surface area contributed by atoms with Crippen LogP contribution in [-0.4, -0.2) is 30.1 Å². The number of benzene rings is 1. The van der Waals surface area contributed by atoms with E-state index in [0.717, 1.165) is 13.1 Å². The number of urea groups is 1. The molecule has 0 saturated carbocycles. The maximum atomic E-state index is 11.9. The fourth-order valence-electron chi connectivity index (χ4n) is 2.49. The van der Waals surface area contributed by atoms with Crippen LogP contribution in [-0.2, 0) is 0 Å². The molecule has 0 spiro atoms. The Kier molecular flexibility index (Phi) is 3.90. The zero-order valence-electron chi connectivity index (χ0n) is 11.4. The van der Waals surface area contributed by atoms with Crippen LogP contribution in [0.3, 0.4) is 0 Å². The number of carbonyl (C=O) groups is 1. The van der Waals surface area contributed by atoms with Gasteiger partial charge in [0.15, 0.2) is 0 Å². The van der Waals surface area contributed by atoms with Gasteiger partial charge in [-0.1, -0.05) is 51.1 Å². The molecule has 0 radical (unpaired) electrons. The molecule has 0 bridgehead atoms. The number of hydrogen-bond acceptors (Lipinski definition) is 1. The monoisotopic (exact) mass is 246 g/mol. The molecule has 1 aromatic carbocycles. The lowest BCUT2D eigenvalue weighted by Crippen LogP contribution is -2.32. The van der Waals surface area contributed by atoms with E-state index in [1.54, 1.807) is 0 Å². The first kappa shape index (κ1) is 12.9. The van der Waals surface area contributed by atoms with E-state index in [-0.39, 0.29) is 12.1 Å². The molecule has 2 amide bonds. The van der Waals surface area contributed by atoms with E-state index in [1.807, 2.05) is 11.0 Å². The van der Waals surface area contributed by atoms with Gasteiger partial charge in [-0.15, -0.1) is 0 Å². The normalized spacial score (nSPS) is 21.2. The molecule has 0 aromatic heterocycles. The van der Waals surface area contributed by atoms with Gasteiger partial charge in [0, 0.05) is 19.0 Å². The maximum Gasteiger partial charge on any atom is 0.317 e. The first-order chi connectivity index (χ1) is 8.58. The summed E-state index contributed by atoms with van der Waals surface area (Å²) in [5.41, 5.74) is 1.29. The van der Waals surface area contributed by atoms with Crippen LogP contribution >= 0.6 is 0 Å². The van der Waals surface area contributed by atoms with Crippen LogP contribution in [0.1, 0.15) is 32.3 Å². The minimum atomic E-state index is 0.0801. The van der Waals surface area contributed by atoms with Crippen LogP contribution in [0.25, 0.3) is 0 Å². The van der Waals surface area contributed by atoms with Crippen molar-refractivity contribution in [2.24, 2.45) is 5.92 Å². The quantitative estimate of drug-likeness (QED) is 0.870. The molecule has 1 aliphatic rings. The summed E-state index contributed by atoms with van der Waals surface area (Å²) in [6.07, 6.45) is 0. The van der Waals surface area contributed by atoms with Crippen molar-refractivity contribution < 1.29 is 4.79 Å². The molecule has 1 fully saturated rings. The van der Waals surface area contributed by atoms with Crippen molar-refractivity contribution in [1.29, 1.82) is 0 Å². The number of nitrogens with one attached hydrogen (secondary N) is 1. The van der Waals surface area contributed by atoms with E-state index < -0.39 is 0 Å². The molecule has 1 N–H and O–H groups in total. The third kappa shape index (κ3) is 2.84. The Morgan fingerprint density at radius 2 is 1.94 bits per heavy atom. The highest BCUT2D eigenvalue weighted by molar-refractivity contribution is 5.77. The predicted octanol–water partition coefficient (Wildman–Crippen LogP) is 2.84. The Labute approximate surface area is 109 Å². The molecular formula is C15H22N2O. The molecule has 1 saturated heterocycles. The smallest absolute Gasteiger partial charge is 0.317 e. The Bertz CT molecular complexity index is 402. The lowest BCUT2D eigenvalue weighted by Gasteiger charge is -2.20. The highest BCUT2D eigenvalue weighted by Crippen LogP contribution is 2.23. The lowest BCUT2D eigenvalue weighted by molar-refractivity contribution is 0.211. The predicted molar refractivity (Wildman–Crippen MR) is 73.6 cm³/mol. The van der Waals surface area contributed by atoms with Crippen LogP contribution in [0.4, 0.5) is 4.79 Å². The van der Waals surface area contributed by atoms with Gasteiger partial charge in [0.2, 0.25) is 0 Å². The molecule has 1 heterocycles. The van der Waals surface area contributed by atoms with Gasteiger partial charge in [0.1, 0.15) is 0 Å². The molecule has 2 atom stereocenters. The minimum absolute atomic E-state index is 0.0801. The number of hydrogen-bond donors (Lipinski definition) is 1. The van der Waals surface area contributed by atoms with Gasteiger partial charge < -0.3 is 10.2 Å². The second-order valence-corrected chi connectivity index (χ2v) is 5.55. The molecule has 3 heteroatoms. The lowest BCUT2D eigenvalue weighted by atomic mass is 9.94. The zero-order valence-corrected chi connectivity index (χ0v) is 11.4. The molecule has 1 aromatic rings. The molecule has 98 valence electrons. The second-order valence-electron chi connectivity index (χ2n) is 5.55. The highest BCUT2D eigenvalue weighted by atomic mass is 16.2. The topological polar surface area (TPSA) is 32.3 Å². The van der Waals surface area contributed by atoms with Crippen LogP contribution in [0.5, 0.6) is 0 Å². The third-order valence-corrected chi connectivity index (χ3v) is 3.53. The van der Waals surface area contributed by atoms with Crippen LogP contribution < -0.4 is 5.32 Å². The number of carbonyl (C=O) groups excluding carboxylic acids is 1. The second kappa shape index (κ2) is 5.42. The largest absolute Gasteiger partial charge is 0.333 e. The molecule has 3 nitrogen and oxygen atoms in total. The fourth-order valence-corrected chi connectivity index (χ4v) is 2.49. The molecule has 0 aliphatic carbocycles.